The molecule has 0 radical (unpaired) electrons. The summed E-state index contributed by atoms with van der Waals surface area (Å²) >= 11 is 0. The molecule has 2 aliphatic rings. The summed E-state index contributed by atoms with van der Waals surface area (Å²) in [6.07, 6.45) is -3.92. The summed E-state index contributed by atoms with van der Waals surface area (Å²) in [7, 11) is 0. The third kappa shape index (κ3) is 3.85. The molecule has 0 unspecified atom stereocenters. The van der Waals surface area contributed by atoms with Crippen molar-refractivity contribution in [1.29, 1.82) is 0 Å². The fourth-order valence-electron chi connectivity index (χ4n) is 4.41. The summed E-state index contributed by atoms with van der Waals surface area (Å²) in [6.45, 7) is 5.29. The summed E-state index contributed by atoms with van der Waals surface area (Å²) in [5.41, 5.74) is 0. The van der Waals surface area contributed by atoms with Crippen LogP contribution in [0, 0.1) is 0 Å². The van der Waals surface area contributed by atoms with E-state index in [4.69, 9.17) is 0 Å². The second-order valence-corrected chi connectivity index (χ2v) is 6.92. The number of aliphatic hydroxyl groups excluding tert-OH is 6. The van der Waals surface area contributed by atoms with Crippen LogP contribution in [-0.4, -0.2) is 128 Å². The van der Waals surface area contributed by atoms with E-state index in [9.17, 15) is 30.6 Å². The van der Waals surface area contributed by atoms with Gasteiger partial charge in [-0.05, 0) is 13.1 Å². The lowest BCUT2D eigenvalue weighted by atomic mass is 10.1. The number of hydrogen-bond donors (Lipinski definition) is 7. The van der Waals surface area contributed by atoms with Gasteiger partial charge in [-0.25, -0.2) is 0 Å². The summed E-state index contributed by atoms with van der Waals surface area (Å²) in [5.74, 6) is 0. The normalized spacial score (nSPS) is 43.2. The third-order valence-corrected chi connectivity index (χ3v) is 5.79. The highest BCUT2D eigenvalue weighted by atomic mass is 16.3. The average molecular weight is 363 g/mol. The monoisotopic (exact) mass is 363 g/mol. The third-order valence-electron chi connectivity index (χ3n) is 5.79. The van der Waals surface area contributed by atoms with Crippen molar-refractivity contribution in [2.75, 3.05) is 39.4 Å². The molecule has 0 aromatic carbocycles. The van der Waals surface area contributed by atoms with Crippen molar-refractivity contribution in [3.8, 4) is 0 Å². The molecule has 2 heterocycles. The van der Waals surface area contributed by atoms with Crippen LogP contribution in [0.3, 0.4) is 0 Å². The molecule has 0 amide bonds. The van der Waals surface area contributed by atoms with Crippen molar-refractivity contribution in [3.05, 3.63) is 0 Å². The van der Waals surface area contributed by atoms with Gasteiger partial charge >= 0.3 is 0 Å². The zero-order valence-electron chi connectivity index (χ0n) is 14.9. The predicted molar refractivity (Wildman–Crippen MR) is 91.0 cm³/mol. The largest absolute Gasteiger partial charge is 0.395 e. The maximum absolute atomic E-state index is 10.2. The quantitative estimate of drug-likeness (QED) is 0.231. The van der Waals surface area contributed by atoms with Gasteiger partial charge in [-0.2, -0.15) is 0 Å². The Bertz CT molecular complexity index is 381. The Morgan fingerprint density at radius 2 is 0.960 bits per heavy atom. The van der Waals surface area contributed by atoms with Crippen LogP contribution in [0.1, 0.15) is 13.8 Å². The predicted octanol–water partition coefficient (Wildman–Crippen LogP) is -3.85. The highest BCUT2D eigenvalue weighted by Crippen LogP contribution is 2.26. The topological polar surface area (TPSA) is 140 Å². The Hall–Kier alpha value is -0.360. The lowest BCUT2D eigenvalue weighted by molar-refractivity contribution is 0.0165. The van der Waals surface area contributed by atoms with Crippen molar-refractivity contribution >= 4 is 0 Å². The zero-order valence-corrected chi connectivity index (χ0v) is 14.9. The average Bonchev–Trinajstić information content (AvgIpc) is 2.99. The maximum atomic E-state index is 10.2. The molecule has 2 saturated heterocycles. The molecule has 7 N–H and O–H groups in total. The van der Waals surface area contributed by atoms with Gasteiger partial charge in [-0.1, -0.05) is 13.8 Å². The minimum Gasteiger partial charge on any atom is -0.395 e. The SMILES string of the molecule is CCN1[C@H](CO)[C@@H](O)[C@H](O)[C@H]1CNC[C@@H]1[C@@H](O)[C@H](O)[C@@H](CO)N1CC. The van der Waals surface area contributed by atoms with E-state index in [1.165, 1.54) is 0 Å². The Labute approximate surface area is 148 Å². The van der Waals surface area contributed by atoms with E-state index >= 15 is 0 Å². The molecular weight excluding hydrogens is 330 g/mol. The van der Waals surface area contributed by atoms with Crippen molar-refractivity contribution in [3.63, 3.8) is 0 Å². The molecule has 148 valence electrons. The van der Waals surface area contributed by atoms with Gasteiger partial charge in [0.2, 0.25) is 0 Å². The Morgan fingerprint density at radius 3 is 1.24 bits per heavy atom. The highest BCUT2D eigenvalue weighted by molar-refractivity contribution is 5.03. The standard InChI is InChI=1S/C16H33N3O6/c1-3-18-9(13(22)15(24)11(18)7-20)5-17-6-10-14(23)16(25)12(8-21)19(10)4-2/h9-17,20-25H,3-8H2,1-2H3/t9-,10-,11-,12-,13-,14-,15-,16-/m1/s1. The first-order valence-corrected chi connectivity index (χ1v) is 9.08. The van der Waals surface area contributed by atoms with E-state index < -0.39 is 36.5 Å². The van der Waals surface area contributed by atoms with Crippen molar-refractivity contribution in [2.45, 2.75) is 62.4 Å². The van der Waals surface area contributed by atoms with E-state index in [2.05, 4.69) is 5.32 Å². The van der Waals surface area contributed by atoms with E-state index in [1.807, 2.05) is 23.6 Å². The molecule has 2 rings (SSSR count). The minimum absolute atomic E-state index is 0.224. The van der Waals surface area contributed by atoms with Crippen molar-refractivity contribution < 1.29 is 30.6 Å². The molecule has 0 saturated carbocycles. The molecule has 9 heteroatoms. The summed E-state index contributed by atoms with van der Waals surface area (Å²) in [6, 6.07) is -1.66. The van der Waals surface area contributed by atoms with Crippen LogP contribution in [0.2, 0.25) is 0 Å². The second kappa shape index (κ2) is 9.03. The van der Waals surface area contributed by atoms with Crippen molar-refractivity contribution in [1.82, 2.24) is 15.1 Å². The molecule has 9 nitrogen and oxygen atoms in total. The number of nitrogens with one attached hydrogen (secondary N) is 1. The van der Waals surface area contributed by atoms with Gasteiger partial charge in [-0.15, -0.1) is 0 Å². The maximum Gasteiger partial charge on any atom is 0.0992 e. The van der Waals surface area contributed by atoms with Gasteiger partial charge in [0.15, 0.2) is 0 Å². The summed E-state index contributed by atoms with van der Waals surface area (Å²) < 4.78 is 0. The fraction of sp³-hybridized carbons (Fsp3) is 1.00. The van der Waals surface area contributed by atoms with E-state index in [0.29, 0.717) is 26.2 Å². The van der Waals surface area contributed by atoms with Gasteiger partial charge in [-0.3, -0.25) is 9.80 Å². The van der Waals surface area contributed by atoms with Crippen LogP contribution in [0.25, 0.3) is 0 Å². The number of aliphatic hydroxyl groups is 6. The molecule has 0 aromatic rings. The molecule has 0 bridgehead atoms. The van der Waals surface area contributed by atoms with E-state index in [1.54, 1.807) is 0 Å². The molecule has 0 spiro atoms. The molecule has 2 aliphatic heterocycles. The number of nitrogens with zero attached hydrogens (tertiary/aromatic N) is 2. The van der Waals surface area contributed by atoms with Crippen LogP contribution in [0.5, 0.6) is 0 Å². The molecule has 0 aliphatic carbocycles. The summed E-state index contributed by atoms with van der Waals surface area (Å²) in [4.78, 5) is 3.74. The Morgan fingerprint density at radius 1 is 0.640 bits per heavy atom. The number of likely N-dealkylation sites (tertiary alicyclic amines) is 2. The first kappa shape index (κ1) is 20.9. The van der Waals surface area contributed by atoms with Gasteiger partial charge in [0.05, 0.1) is 61.8 Å². The Kier molecular flexibility index (Phi) is 7.56. The lowest BCUT2D eigenvalue weighted by Crippen LogP contribution is -2.50. The van der Waals surface area contributed by atoms with Crippen LogP contribution in [0.4, 0.5) is 0 Å². The van der Waals surface area contributed by atoms with E-state index in [-0.39, 0.29) is 25.3 Å². The smallest absolute Gasteiger partial charge is 0.0992 e. The minimum atomic E-state index is -0.999. The first-order valence-electron chi connectivity index (χ1n) is 9.08. The van der Waals surface area contributed by atoms with Crippen molar-refractivity contribution in [2.24, 2.45) is 0 Å². The molecule has 25 heavy (non-hydrogen) atoms. The van der Waals surface area contributed by atoms with Crippen LogP contribution >= 0.6 is 0 Å². The van der Waals surface area contributed by atoms with E-state index in [0.717, 1.165) is 0 Å². The molecule has 8 atom stereocenters. The fourth-order valence-corrected chi connectivity index (χ4v) is 4.41. The van der Waals surface area contributed by atoms with Crippen LogP contribution in [-0.2, 0) is 0 Å². The molecule has 2 fully saturated rings. The summed E-state index contributed by atoms with van der Waals surface area (Å²) in [5, 5.41) is 62.7. The number of hydrogen-bond acceptors (Lipinski definition) is 9. The van der Waals surface area contributed by atoms with Gasteiger partial charge in [0.25, 0.3) is 0 Å². The molecular formula is C16H33N3O6. The highest BCUT2D eigenvalue weighted by Gasteiger charge is 2.48. The van der Waals surface area contributed by atoms with Crippen LogP contribution in [0.15, 0.2) is 0 Å². The molecule has 0 aromatic heterocycles. The zero-order chi connectivity index (χ0) is 18.7. The van der Waals surface area contributed by atoms with Gasteiger partial charge < -0.3 is 36.0 Å². The number of rotatable bonds is 8. The van der Waals surface area contributed by atoms with Gasteiger partial charge in [0, 0.05) is 13.1 Å². The lowest BCUT2D eigenvalue weighted by Gasteiger charge is -2.31. The van der Waals surface area contributed by atoms with Gasteiger partial charge in [0.1, 0.15) is 0 Å². The number of likely N-dealkylation sites (N-methyl/N-ethyl adjacent to an activating group) is 2. The Balaban J connectivity index is 1.95. The second-order valence-electron chi connectivity index (χ2n) is 6.92. The first-order chi connectivity index (χ1) is 11.9. The van der Waals surface area contributed by atoms with Crippen LogP contribution < -0.4 is 5.32 Å².